The van der Waals surface area contributed by atoms with Crippen molar-refractivity contribution in [1.82, 2.24) is 14.7 Å². The van der Waals surface area contributed by atoms with Gasteiger partial charge >= 0.3 is 12.1 Å². The van der Waals surface area contributed by atoms with Gasteiger partial charge in [-0.25, -0.2) is 4.79 Å². The number of carbonyl (C=O) groups excluding carboxylic acids is 2. The summed E-state index contributed by atoms with van der Waals surface area (Å²) in [7, 11) is 0. The van der Waals surface area contributed by atoms with Crippen LogP contribution in [-0.4, -0.2) is 82.8 Å². The maximum absolute atomic E-state index is 12.3. The second-order valence-corrected chi connectivity index (χ2v) is 8.91. The number of carbonyl (C=O) groups is 2. The summed E-state index contributed by atoms with van der Waals surface area (Å²) in [5.74, 6) is -0.219. The number of fused-ring (bicyclic) bond motifs is 1. The number of rotatable bonds is 4. The lowest BCUT2D eigenvalue weighted by atomic mass is 9.93. The number of nitrogens with zero attached hydrogens (tertiary/aromatic N) is 3. The first kappa shape index (κ1) is 20.7. The minimum absolute atomic E-state index is 0.127. The molecule has 1 amide bonds. The lowest BCUT2D eigenvalue weighted by Gasteiger charge is -2.37. The highest BCUT2D eigenvalue weighted by molar-refractivity contribution is 7.80. The Balaban J connectivity index is 1.99. The molecule has 0 aromatic rings. The Bertz CT molecular complexity index is 573. The van der Waals surface area contributed by atoms with Crippen LogP contribution in [0, 0.1) is 5.41 Å². The Morgan fingerprint density at radius 1 is 1.15 bits per heavy atom. The van der Waals surface area contributed by atoms with Crippen molar-refractivity contribution in [2.75, 3.05) is 39.3 Å². The zero-order chi connectivity index (χ0) is 19.7. The molecule has 2 aliphatic heterocycles. The highest BCUT2D eigenvalue weighted by Crippen LogP contribution is 2.27. The van der Waals surface area contributed by atoms with Gasteiger partial charge in [0.05, 0.1) is 18.1 Å². The van der Waals surface area contributed by atoms with E-state index in [1.165, 1.54) is 0 Å². The van der Waals surface area contributed by atoms with Gasteiger partial charge in [-0.05, 0) is 53.8 Å². The van der Waals surface area contributed by atoms with E-state index in [1.807, 2.05) is 34.6 Å². The maximum Gasteiger partial charge on any atom is 0.410 e. The largest absolute Gasteiger partial charge is 0.466 e. The van der Waals surface area contributed by atoms with E-state index >= 15 is 0 Å². The molecule has 0 radical (unpaired) electrons. The summed E-state index contributed by atoms with van der Waals surface area (Å²) in [5, 5.41) is 0.746. The summed E-state index contributed by atoms with van der Waals surface area (Å²) < 4.78 is 10.7. The van der Waals surface area contributed by atoms with Gasteiger partial charge in [-0.3, -0.25) is 4.79 Å². The third-order valence-corrected chi connectivity index (χ3v) is 4.99. The van der Waals surface area contributed by atoms with E-state index in [4.69, 9.17) is 21.7 Å². The van der Waals surface area contributed by atoms with E-state index in [2.05, 4.69) is 9.80 Å². The summed E-state index contributed by atoms with van der Waals surface area (Å²) in [6, 6.07) is 0.127. The second-order valence-electron chi connectivity index (χ2n) is 8.54. The number of thiocarbonyl (C=S) groups is 1. The van der Waals surface area contributed by atoms with Crippen molar-refractivity contribution in [3.05, 3.63) is 0 Å². The zero-order valence-corrected chi connectivity index (χ0v) is 17.5. The fraction of sp³-hybridized carbons (Fsp3) is 0.833. The van der Waals surface area contributed by atoms with Gasteiger partial charge in [0.25, 0.3) is 0 Å². The van der Waals surface area contributed by atoms with Gasteiger partial charge in [-0.2, -0.15) is 0 Å². The van der Waals surface area contributed by atoms with Crippen LogP contribution in [0.1, 0.15) is 41.5 Å². The number of esters is 1. The molecule has 0 N–H and O–H groups in total. The third-order valence-electron chi connectivity index (χ3n) is 4.50. The van der Waals surface area contributed by atoms with Crippen LogP contribution in [0.5, 0.6) is 0 Å². The molecule has 0 aliphatic carbocycles. The minimum Gasteiger partial charge on any atom is -0.466 e. The van der Waals surface area contributed by atoms with Crippen LogP contribution in [0.4, 0.5) is 4.79 Å². The van der Waals surface area contributed by atoms with E-state index in [0.29, 0.717) is 39.3 Å². The molecule has 8 heteroatoms. The van der Waals surface area contributed by atoms with Crippen molar-refractivity contribution in [3.63, 3.8) is 0 Å². The smallest absolute Gasteiger partial charge is 0.410 e. The van der Waals surface area contributed by atoms with Crippen molar-refractivity contribution < 1.29 is 19.1 Å². The average molecular weight is 386 g/mol. The lowest BCUT2D eigenvalue weighted by molar-refractivity contribution is -0.153. The average Bonchev–Trinajstić information content (AvgIpc) is 2.81. The molecular formula is C18H31N3O4S. The first-order valence-corrected chi connectivity index (χ1v) is 9.56. The molecular weight excluding hydrogens is 354 g/mol. The fourth-order valence-corrected chi connectivity index (χ4v) is 3.65. The van der Waals surface area contributed by atoms with Crippen molar-refractivity contribution in [3.8, 4) is 0 Å². The van der Waals surface area contributed by atoms with Crippen LogP contribution in [0.15, 0.2) is 0 Å². The topological polar surface area (TPSA) is 62.3 Å². The molecule has 2 aliphatic rings. The Labute approximate surface area is 161 Å². The molecule has 2 saturated heterocycles. The van der Waals surface area contributed by atoms with Gasteiger partial charge in [0.2, 0.25) is 0 Å². The predicted molar refractivity (Wildman–Crippen MR) is 103 cm³/mol. The predicted octanol–water partition coefficient (Wildman–Crippen LogP) is 2.10. The van der Waals surface area contributed by atoms with E-state index in [-0.39, 0.29) is 18.1 Å². The highest BCUT2D eigenvalue weighted by atomic mass is 32.1. The third kappa shape index (κ3) is 4.78. The van der Waals surface area contributed by atoms with Crippen LogP contribution in [0.3, 0.4) is 0 Å². The van der Waals surface area contributed by atoms with Crippen LogP contribution >= 0.6 is 12.2 Å². The van der Waals surface area contributed by atoms with Crippen molar-refractivity contribution in [2.45, 2.75) is 53.2 Å². The normalized spacial score (nSPS) is 20.9. The Kier molecular flexibility index (Phi) is 6.05. The lowest BCUT2D eigenvalue weighted by Crippen LogP contribution is -2.54. The maximum atomic E-state index is 12.3. The molecule has 2 rings (SSSR count). The van der Waals surface area contributed by atoms with Gasteiger partial charge < -0.3 is 24.2 Å². The summed E-state index contributed by atoms with van der Waals surface area (Å²) in [6.07, 6.45) is -0.284. The first-order chi connectivity index (χ1) is 11.9. The van der Waals surface area contributed by atoms with Gasteiger partial charge in [-0.15, -0.1) is 0 Å². The quantitative estimate of drug-likeness (QED) is 0.542. The molecule has 0 aromatic carbocycles. The summed E-state index contributed by atoms with van der Waals surface area (Å²) in [6.45, 7) is 14.6. The van der Waals surface area contributed by atoms with Crippen LogP contribution in [0.2, 0.25) is 0 Å². The molecule has 0 spiro atoms. The van der Waals surface area contributed by atoms with E-state index in [1.54, 1.807) is 11.8 Å². The Hall–Kier alpha value is -1.57. The van der Waals surface area contributed by atoms with Gasteiger partial charge in [-0.1, -0.05) is 0 Å². The summed E-state index contributed by atoms with van der Waals surface area (Å²) in [4.78, 5) is 30.5. The SMILES string of the molecule is CCOC(=O)C(C)(C)CN1CC2CN(C(=O)OC(C)(C)C)CCN2C1=S. The monoisotopic (exact) mass is 385 g/mol. The Morgan fingerprint density at radius 3 is 2.38 bits per heavy atom. The number of amides is 1. The number of ether oxygens (including phenoxy) is 2. The van der Waals surface area contributed by atoms with Crippen LogP contribution in [0.25, 0.3) is 0 Å². The standard InChI is InChI=1S/C18H31N3O4S/c1-7-24-14(22)18(5,6)12-20-11-13-10-19(8-9-21(13)15(20)26)16(23)25-17(2,3)4/h13H,7-12H2,1-6H3. The van der Waals surface area contributed by atoms with Crippen molar-refractivity contribution in [2.24, 2.45) is 5.41 Å². The van der Waals surface area contributed by atoms with E-state index in [0.717, 1.165) is 5.11 Å². The molecule has 1 unspecified atom stereocenters. The molecule has 0 bridgehead atoms. The molecule has 148 valence electrons. The Morgan fingerprint density at radius 2 is 1.81 bits per heavy atom. The number of hydrogen-bond acceptors (Lipinski definition) is 5. The molecule has 26 heavy (non-hydrogen) atoms. The highest BCUT2D eigenvalue weighted by Gasteiger charge is 2.43. The van der Waals surface area contributed by atoms with Crippen molar-refractivity contribution >= 4 is 29.4 Å². The number of piperazine rings is 1. The second kappa shape index (κ2) is 7.58. The molecule has 7 nitrogen and oxygen atoms in total. The first-order valence-electron chi connectivity index (χ1n) is 9.15. The molecule has 0 saturated carbocycles. The van der Waals surface area contributed by atoms with Gasteiger partial charge in [0.1, 0.15) is 5.60 Å². The van der Waals surface area contributed by atoms with E-state index in [9.17, 15) is 9.59 Å². The number of hydrogen-bond donors (Lipinski definition) is 0. The van der Waals surface area contributed by atoms with Gasteiger partial charge in [0.15, 0.2) is 5.11 Å². The van der Waals surface area contributed by atoms with Crippen molar-refractivity contribution in [1.29, 1.82) is 0 Å². The minimum atomic E-state index is -0.639. The van der Waals surface area contributed by atoms with Crippen LogP contribution in [-0.2, 0) is 14.3 Å². The van der Waals surface area contributed by atoms with Gasteiger partial charge in [0, 0.05) is 32.7 Å². The molecule has 0 aromatic heterocycles. The molecule has 2 heterocycles. The molecule has 1 atom stereocenters. The fourth-order valence-electron chi connectivity index (χ4n) is 3.27. The van der Waals surface area contributed by atoms with Crippen LogP contribution < -0.4 is 0 Å². The molecule has 2 fully saturated rings. The summed E-state index contributed by atoms with van der Waals surface area (Å²) in [5.41, 5.74) is -1.14. The summed E-state index contributed by atoms with van der Waals surface area (Å²) >= 11 is 5.61. The van der Waals surface area contributed by atoms with E-state index < -0.39 is 11.0 Å². The zero-order valence-electron chi connectivity index (χ0n) is 16.7.